The molecule has 3 heterocycles. The number of hydrogen-bond donors (Lipinski definition) is 3. The molecule has 11 heteroatoms. The Morgan fingerprint density at radius 1 is 1.19 bits per heavy atom. The molecular formula is C20H25F3N6OS. The highest BCUT2D eigenvalue weighted by Crippen LogP contribution is 2.36. The Morgan fingerprint density at radius 2 is 1.97 bits per heavy atom. The molecule has 0 bridgehead atoms. The van der Waals surface area contributed by atoms with Crippen molar-refractivity contribution in [2.45, 2.75) is 52.3 Å². The van der Waals surface area contributed by atoms with Crippen LogP contribution in [0, 0.1) is 13.8 Å². The van der Waals surface area contributed by atoms with Gasteiger partial charge in [-0.15, -0.1) is 11.3 Å². The number of rotatable bonds is 9. The molecule has 1 unspecified atom stereocenters. The van der Waals surface area contributed by atoms with Crippen molar-refractivity contribution in [2.24, 2.45) is 0 Å². The average Bonchev–Trinajstić information content (AvgIpc) is 3.11. The normalized spacial score (nSPS) is 12.9. The highest BCUT2D eigenvalue weighted by atomic mass is 32.1. The summed E-state index contributed by atoms with van der Waals surface area (Å²) in [6.07, 6.45) is -0.617. The number of thiazole rings is 1. The van der Waals surface area contributed by atoms with E-state index in [1.54, 1.807) is 13.1 Å². The van der Waals surface area contributed by atoms with Crippen molar-refractivity contribution in [3.8, 4) is 10.6 Å². The molecule has 0 aliphatic rings. The Labute approximate surface area is 182 Å². The molecule has 0 aliphatic heterocycles. The fourth-order valence-electron chi connectivity index (χ4n) is 3.14. The number of nitrogens with one attached hydrogen (secondary N) is 2. The van der Waals surface area contributed by atoms with E-state index in [1.165, 1.54) is 11.3 Å². The van der Waals surface area contributed by atoms with Gasteiger partial charge < -0.3 is 15.7 Å². The van der Waals surface area contributed by atoms with Crippen molar-refractivity contribution in [3.05, 3.63) is 23.7 Å². The number of fused-ring (bicyclic) bond motifs is 1. The SMILES string of the molecule is CCC(CCCO)Nc1nc(NCC(F)(F)F)nc(C)c1-c1nc2cnc(C)cc2s1. The summed E-state index contributed by atoms with van der Waals surface area (Å²) in [6, 6.07) is 1.93. The van der Waals surface area contributed by atoms with Crippen molar-refractivity contribution in [3.63, 3.8) is 0 Å². The molecule has 7 nitrogen and oxygen atoms in total. The lowest BCUT2D eigenvalue weighted by Gasteiger charge is -2.20. The van der Waals surface area contributed by atoms with Gasteiger partial charge >= 0.3 is 6.18 Å². The van der Waals surface area contributed by atoms with Crippen LogP contribution < -0.4 is 10.6 Å². The number of hydrogen-bond acceptors (Lipinski definition) is 8. The van der Waals surface area contributed by atoms with Crippen LogP contribution >= 0.6 is 11.3 Å². The highest BCUT2D eigenvalue weighted by molar-refractivity contribution is 7.21. The van der Waals surface area contributed by atoms with Gasteiger partial charge in [0.1, 0.15) is 22.9 Å². The quantitative estimate of drug-likeness (QED) is 0.431. The summed E-state index contributed by atoms with van der Waals surface area (Å²) in [6.45, 7) is 4.46. The lowest BCUT2D eigenvalue weighted by atomic mass is 10.1. The smallest absolute Gasteiger partial charge is 0.396 e. The second-order valence-corrected chi connectivity index (χ2v) is 8.28. The Bertz CT molecular complexity index is 1040. The molecule has 31 heavy (non-hydrogen) atoms. The number of pyridine rings is 1. The largest absolute Gasteiger partial charge is 0.405 e. The fraction of sp³-hybridized carbons (Fsp3) is 0.500. The summed E-state index contributed by atoms with van der Waals surface area (Å²) >= 11 is 1.46. The van der Waals surface area contributed by atoms with E-state index in [2.05, 4.69) is 30.6 Å². The molecule has 168 valence electrons. The third kappa shape index (κ3) is 6.01. The standard InChI is InChI=1S/C20H25F3N6OS/c1-4-13(6-5-7-30)27-17-16(12(3)26-19(29-17)25-10-20(21,22)23)18-28-14-9-24-11(2)8-15(14)31-18/h8-9,13,30H,4-7,10H2,1-3H3,(H2,25,26,27,29). The third-order valence-electron chi connectivity index (χ3n) is 4.71. The number of aryl methyl sites for hydroxylation is 2. The van der Waals surface area contributed by atoms with Gasteiger partial charge in [0.25, 0.3) is 0 Å². The molecule has 0 aromatic carbocycles. The maximum atomic E-state index is 12.7. The molecule has 3 N–H and O–H groups in total. The van der Waals surface area contributed by atoms with Crippen LogP contribution in [0.25, 0.3) is 20.8 Å². The van der Waals surface area contributed by atoms with Crippen LogP contribution in [0.15, 0.2) is 12.3 Å². The zero-order chi connectivity index (χ0) is 22.6. The monoisotopic (exact) mass is 454 g/mol. The van der Waals surface area contributed by atoms with E-state index in [0.717, 1.165) is 22.3 Å². The number of aliphatic hydroxyl groups excluding tert-OH is 1. The third-order valence-corrected chi connectivity index (χ3v) is 5.74. The number of halogens is 3. The molecule has 1 atom stereocenters. The average molecular weight is 455 g/mol. The number of aromatic nitrogens is 4. The van der Waals surface area contributed by atoms with Crippen LogP contribution in [0.2, 0.25) is 0 Å². The minimum Gasteiger partial charge on any atom is -0.396 e. The van der Waals surface area contributed by atoms with Gasteiger partial charge in [-0.25, -0.2) is 9.97 Å². The lowest BCUT2D eigenvalue weighted by Crippen LogP contribution is -2.24. The molecule has 0 radical (unpaired) electrons. The second kappa shape index (κ2) is 9.73. The van der Waals surface area contributed by atoms with Crippen molar-refractivity contribution in [2.75, 3.05) is 23.8 Å². The highest BCUT2D eigenvalue weighted by Gasteiger charge is 2.28. The number of nitrogens with zero attached hydrogens (tertiary/aromatic N) is 4. The first-order valence-corrected chi connectivity index (χ1v) is 10.8. The first kappa shape index (κ1) is 23.1. The molecule has 0 aliphatic carbocycles. The number of anilines is 2. The zero-order valence-corrected chi connectivity index (χ0v) is 18.4. The van der Waals surface area contributed by atoms with E-state index in [-0.39, 0.29) is 18.6 Å². The van der Waals surface area contributed by atoms with Gasteiger partial charge in [0, 0.05) is 18.3 Å². The maximum absolute atomic E-state index is 12.7. The van der Waals surface area contributed by atoms with Crippen LogP contribution in [-0.4, -0.2) is 50.4 Å². The molecule has 0 spiro atoms. The van der Waals surface area contributed by atoms with Gasteiger partial charge in [0.05, 0.1) is 22.2 Å². The van der Waals surface area contributed by atoms with Crippen LogP contribution in [0.1, 0.15) is 37.6 Å². The van der Waals surface area contributed by atoms with E-state index in [1.807, 2.05) is 19.9 Å². The lowest BCUT2D eigenvalue weighted by molar-refractivity contribution is -0.115. The van der Waals surface area contributed by atoms with Crippen molar-refractivity contribution >= 4 is 33.3 Å². The maximum Gasteiger partial charge on any atom is 0.405 e. The molecule has 3 aromatic rings. The molecule has 3 rings (SSSR count). The van der Waals surface area contributed by atoms with Crippen molar-refractivity contribution < 1.29 is 18.3 Å². The zero-order valence-electron chi connectivity index (χ0n) is 17.5. The molecule has 0 saturated heterocycles. The van der Waals surface area contributed by atoms with Crippen LogP contribution in [0.4, 0.5) is 24.9 Å². The second-order valence-electron chi connectivity index (χ2n) is 7.25. The minimum absolute atomic E-state index is 0.00560. The van der Waals surface area contributed by atoms with E-state index in [0.29, 0.717) is 34.9 Å². The topological polar surface area (TPSA) is 95.8 Å². The van der Waals surface area contributed by atoms with E-state index in [9.17, 15) is 13.2 Å². The van der Waals surface area contributed by atoms with Crippen LogP contribution in [0.5, 0.6) is 0 Å². The van der Waals surface area contributed by atoms with Crippen molar-refractivity contribution in [1.29, 1.82) is 0 Å². The summed E-state index contributed by atoms with van der Waals surface area (Å²) < 4.78 is 39.0. The number of alkyl halides is 3. The minimum atomic E-state index is -4.38. The molecule has 0 saturated carbocycles. The van der Waals surface area contributed by atoms with Crippen LogP contribution in [-0.2, 0) is 0 Å². The number of aliphatic hydroxyl groups is 1. The van der Waals surface area contributed by atoms with Crippen molar-refractivity contribution in [1.82, 2.24) is 19.9 Å². The predicted molar refractivity (Wildman–Crippen MR) is 116 cm³/mol. The Morgan fingerprint density at radius 3 is 2.65 bits per heavy atom. The molecule has 3 aromatic heterocycles. The first-order valence-electron chi connectivity index (χ1n) is 10.0. The molecule has 0 fully saturated rings. The van der Waals surface area contributed by atoms with E-state index in [4.69, 9.17) is 5.11 Å². The Balaban J connectivity index is 2.04. The van der Waals surface area contributed by atoms with Gasteiger partial charge in [-0.2, -0.15) is 18.2 Å². The van der Waals surface area contributed by atoms with E-state index >= 15 is 0 Å². The predicted octanol–water partition coefficient (Wildman–Crippen LogP) is 4.70. The van der Waals surface area contributed by atoms with Crippen LogP contribution in [0.3, 0.4) is 0 Å². The van der Waals surface area contributed by atoms with Gasteiger partial charge in [0.2, 0.25) is 5.95 Å². The molecular weight excluding hydrogens is 429 g/mol. The fourth-order valence-corrected chi connectivity index (χ4v) is 4.27. The van der Waals surface area contributed by atoms with Gasteiger partial charge in [0.15, 0.2) is 0 Å². The summed E-state index contributed by atoms with van der Waals surface area (Å²) in [4.78, 5) is 17.5. The Kier molecular flexibility index (Phi) is 7.26. The van der Waals surface area contributed by atoms with Gasteiger partial charge in [-0.1, -0.05) is 6.92 Å². The summed E-state index contributed by atoms with van der Waals surface area (Å²) in [5, 5.41) is 15.4. The summed E-state index contributed by atoms with van der Waals surface area (Å²) in [5.41, 5.74) is 2.78. The molecule has 0 amide bonds. The van der Waals surface area contributed by atoms with Gasteiger partial charge in [-0.3, -0.25) is 4.98 Å². The van der Waals surface area contributed by atoms with Gasteiger partial charge in [-0.05, 0) is 39.2 Å². The van der Waals surface area contributed by atoms with E-state index < -0.39 is 12.7 Å². The summed E-state index contributed by atoms with van der Waals surface area (Å²) in [5.74, 6) is 0.322. The Hall–Kier alpha value is -2.53. The summed E-state index contributed by atoms with van der Waals surface area (Å²) in [7, 11) is 0. The first-order chi connectivity index (χ1) is 14.7.